The molecule has 20 heavy (non-hydrogen) atoms. The fraction of sp³-hybridized carbons (Fsp3) is 0.0714. The smallest absolute Gasteiger partial charge is 0.184 e. The molecule has 4 nitrogen and oxygen atoms in total. The van der Waals surface area contributed by atoms with Gasteiger partial charge in [0.2, 0.25) is 0 Å². The minimum absolute atomic E-state index is 0.265. The maximum atomic E-state index is 14.1. The van der Waals surface area contributed by atoms with Crippen molar-refractivity contribution in [3.63, 3.8) is 0 Å². The van der Waals surface area contributed by atoms with Gasteiger partial charge in [-0.05, 0) is 49.0 Å². The van der Waals surface area contributed by atoms with Crippen molar-refractivity contribution in [3.05, 3.63) is 52.2 Å². The number of pyridine rings is 1. The van der Waals surface area contributed by atoms with Gasteiger partial charge in [-0.2, -0.15) is 5.26 Å². The highest BCUT2D eigenvalue weighted by molar-refractivity contribution is 7.71. The Hall–Kier alpha value is -2.52. The average molecular weight is 284 g/mol. The summed E-state index contributed by atoms with van der Waals surface area (Å²) in [4.78, 5) is 7.30. The first kappa shape index (κ1) is 12.5. The van der Waals surface area contributed by atoms with Gasteiger partial charge in [-0.1, -0.05) is 0 Å². The topological polar surface area (TPSA) is 57.4 Å². The summed E-state index contributed by atoms with van der Waals surface area (Å²) >= 11 is 5.23. The Morgan fingerprint density at radius 2 is 2.20 bits per heavy atom. The molecule has 0 fully saturated rings. The van der Waals surface area contributed by atoms with Crippen molar-refractivity contribution in [1.29, 1.82) is 5.26 Å². The third-order valence-corrected chi connectivity index (χ3v) is 3.26. The lowest BCUT2D eigenvalue weighted by Gasteiger charge is -2.05. The molecule has 0 spiro atoms. The lowest BCUT2D eigenvalue weighted by Crippen LogP contribution is -1.99. The molecule has 1 N–H and O–H groups in total. The predicted molar refractivity (Wildman–Crippen MR) is 75.7 cm³/mol. The van der Waals surface area contributed by atoms with Crippen molar-refractivity contribution in [2.24, 2.45) is 0 Å². The molecule has 0 aliphatic heterocycles. The van der Waals surface area contributed by atoms with Crippen LogP contribution in [0.5, 0.6) is 0 Å². The van der Waals surface area contributed by atoms with Gasteiger partial charge >= 0.3 is 0 Å². The standard InChI is InChI=1S/C14H9FN4S/c1-8-4-11-13(17-7-8)19(14(20)18-11)12-3-2-9(6-16)5-10(12)15/h2-5,7H,1H3,(H,18,20). The number of aryl methyl sites for hydroxylation is 1. The number of imidazole rings is 1. The van der Waals surface area contributed by atoms with Crippen LogP contribution in [0.1, 0.15) is 11.1 Å². The Morgan fingerprint density at radius 3 is 2.90 bits per heavy atom. The van der Waals surface area contributed by atoms with E-state index in [0.29, 0.717) is 10.4 Å². The summed E-state index contributed by atoms with van der Waals surface area (Å²) in [6.45, 7) is 1.92. The van der Waals surface area contributed by atoms with Gasteiger partial charge in [0.1, 0.15) is 5.82 Å². The summed E-state index contributed by atoms with van der Waals surface area (Å²) in [5, 5.41) is 8.78. The van der Waals surface area contributed by atoms with E-state index >= 15 is 0 Å². The number of hydrogen-bond donors (Lipinski definition) is 1. The zero-order valence-corrected chi connectivity index (χ0v) is 11.3. The molecule has 98 valence electrons. The molecule has 0 radical (unpaired) electrons. The number of benzene rings is 1. The number of rotatable bonds is 1. The van der Waals surface area contributed by atoms with Crippen LogP contribution in [-0.4, -0.2) is 14.5 Å². The lowest BCUT2D eigenvalue weighted by atomic mass is 10.2. The fourth-order valence-corrected chi connectivity index (χ4v) is 2.38. The van der Waals surface area contributed by atoms with Gasteiger partial charge in [-0.3, -0.25) is 4.57 Å². The summed E-state index contributed by atoms with van der Waals surface area (Å²) in [5.74, 6) is -0.511. The highest BCUT2D eigenvalue weighted by Gasteiger charge is 2.12. The molecule has 0 atom stereocenters. The first-order valence-electron chi connectivity index (χ1n) is 5.87. The zero-order valence-electron chi connectivity index (χ0n) is 10.5. The molecule has 2 aromatic heterocycles. The van der Waals surface area contributed by atoms with Crippen molar-refractivity contribution in [1.82, 2.24) is 14.5 Å². The molecule has 0 saturated heterocycles. The van der Waals surface area contributed by atoms with E-state index in [4.69, 9.17) is 17.5 Å². The second-order valence-corrected chi connectivity index (χ2v) is 4.81. The number of nitrogens with one attached hydrogen (secondary N) is 1. The van der Waals surface area contributed by atoms with E-state index in [-0.39, 0.29) is 11.3 Å². The van der Waals surface area contributed by atoms with Crippen LogP contribution in [-0.2, 0) is 0 Å². The summed E-state index contributed by atoms with van der Waals surface area (Å²) in [5.41, 5.74) is 2.84. The summed E-state index contributed by atoms with van der Waals surface area (Å²) < 4.78 is 16.0. The molecule has 0 aliphatic rings. The van der Waals surface area contributed by atoms with Crippen molar-refractivity contribution in [2.45, 2.75) is 6.92 Å². The van der Waals surface area contributed by atoms with Crippen LogP contribution >= 0.6 is 12.2 Å². The van der Waals surface area contributed by atoms with E-state index in [1.54, 1.807) is 12.3 Å². The van der Waals surface area contributed by atoms with Gasteiger partial charge in [-0.25, -0.2) is 9.37 Å². The van der Waals surface area contributed by atoms with Crippen LogP contribution in [0, 0.1) is 28.8 Å². The molecule has 6 heteroatoms. The molecular formula is C14H9FN4S. The largest absolute Gasteiger partial charge is 0.329 e. The van der Waals surface area contributed by atoms with Gasteiger partial charge in [0.15, 0.2) is 10.4 Å². The van der Waals surface area contributed by atoms with Gasteiger partial charge in [-0.15, -0.1) is 0 Å². The number of aromatic nitrogens is 3. The summed E-state index contributed by atoms with van der Waals surface area (Å²) in [6, 6.07) is 8.06. The van der Waals surface area contributed by atoms with Gasteiger partial charge in [0, 0.05) is 6.20 Å². The molecule has 0 amide bonds. The normalized spacial score (nSPS) is 10.7. The Labute approximate surface area is 119 Å². The maximum absolute atomic E-state index is 14.1. The highest BCUT2D eigenvalue weighted by Crippen LogP contribution is 2.21. The van der Waals surface area contributed by atoms with E-state index < -0.39 is 5.82 Å². The Balaban J connectivity index is 2.33. The third-order valence-electron chi connectivity index (χ3n) is 2.98. The first-order chi connectivity index (χ1) is 9.60. The Bertz CT molecular complexity index is 917. The van der Waals surface area contributed by atoms with Crippen molar-refractivity contribution in [3.8, 4) is 11.8 Å². The van der Waals surface area contributed by atoms with Crippen LogP contribution in [0.4, 0.5) is 4.39 Å². The number of nitrogens with zero attached hydrogens (tertiary/aromatic N) is 3. The molecule has 0 bridgehead atoms. The second kappa shape index (κ2) is 4.54. The molecule has 0 aliphatic carbocycles. The van der Waals surface area contributed by atoms with Crippen LogP contribution in [0.2, 0.25) is 0 Å². The molecule has 3 aromatic rings. The molecular weight excluding hydrogens is 275 g/mol. The van der Waals surface area contributed by atoms with E-state index in [2.05, 4.69) is 9.97 Å². The first-order valence-corrected chi connectivity index (χ1v) is 6.28. The number of H-pyrrole nitrogens is 1. The Morgan fingerprint density at radius 1 is 1.40 bits per heavy atom. The summed E-state index contributed by atoms with van der Waals surface area (Å²) in [6.07, 6.45) is 1.70. The number of fused-ring (bicyclic) bond motifs is 1. The monoisotopic (exact) mass is 284 g/mol. The molecule has 2 heterocycles. The number of hydrogen-bond acceptors (Lipinski definition) is 3. The third kappa shape index (κ3) is 1.89. The number of halogens is 1. The molecule has 1 aromatic carbocycles. The second-order valence-electron chi connectivity index (χ2n) is 4.43. The van der Waals surface area contributed by atoms with Crippen molar-refractivity contribution in [2.75, 3.05) is 0 Å². The van der Waals surface area contributed by atoms with Crippen LogP contribution in [0.3, 0.4) is 0 Å². The number of aromatic amines is 1. The van der Waals surface area contributed by atoms with E-state index in [1.807, 2.05) is 19.1 Å². The van der Waals surface area contributed by atoms with Gasteiger partial charge in [0.05, 0.1) is 22.8 Å². The van der Waals surface area contributed by atoms with E-state index in [0.717, 1.165) is 11.1 Å². The van der Waals surface area contributed by atoms with Crippen molar-refractivity contribution >= 4 is 23.4 Å². The van der Waals surface area contributed by atoms with Gasteiger partial charge < -0.3 is 4.98 Å². The predicted octanol–water partition coefficient (Wildman–Crippen LogP) is 3.40. The number of nitriles is 1. The highest BCUT2D eigenvalue weighted by atomic mass is 32.1. The van der Waals surface area contributed by atoms with Crippen LogP contribution in [0.15, 0.2) is 30.5 Å². The SMILES string of the molecule is Cc1cnc2c(c1)[nH]c(=S)n2-c1ccc(C#N)cc1F. The molecule has 0 unspecified atom stereocenters. The zero-order chi connectivity index (χ0) is 14.3. The van der Waals surface area contributed by atoms with Crippen molar-refractivity contribution < 1.29 is 4.39 Å². The lowest BCUT2D eigenvalue weighted by molar-refractivity contribution is 0.618. The fourth-order valence-electron chi connectivity index (χ4n) is 2.08. The minimum Gasteiger partial charge on any atom is -0.329 e. The molecule has 3 rings (SSSR count). The van der Waals surface area contributed by atoms with E-state index in [9.17, 15) is 4.39 Å². The van der Waals surface area contributed by atoms with Crippen LogP contribution < -0.4 is 0 Å². The summed E-state index contributed by atoms with van der Waals surface area (Å²) in [7, 11) is 0. The average Bonchev–Trinajstić information content (AvgIpc) is 2.73. The minimum atomic E-state index is -0.511. The maximum Gasteiger partial charge on any atom is 0.184 e. The molecule has 0 saturated carbocycles. The quantitative estimate of drug-likeness (QED) is 0.697. The van der Waals surface area contributed by atoms with Gasteiger partial charge in [0.25, 0.3) is 0 Å². The Kier molecular flexibility index (Phi) is 2.84. The van der Waals surface area contributed by atoms with Crippen LogP contribution in [0.25, 0.3) is 16.9 Å². The van der Waals surface area contributed by atoms with E-state index in [1.165, 1.54) is 16.7 Å².